The predicted octanol–water partition coefficient (Wildman–Crippen LogP) is 2.64. The molecule has 2 aromatic rings. The molecule has 0 bridgehead atoms. The second-order valence-electron chi connectivity index (χ2n) is 6.09. The maximum absolute atomic E-state index is 5.78. The highest BCUT2D eigenvalue weighted by atomic mass is 16.5. The van der Waals surface area contributed by atoms with Gasteiger partial charge in [0, 0.05) is 30.4 Å². The number of hydrogen-bond donors (Lipinski definition) is 1. The van der Waals surface area contributed by atoms with E-state index >= 15 is 0 Å². The van der Waals surface area contributed by atoms with E-state index in [9.17, 15) is 0 Å². The normalized spacial score (nSPS) is 15.7. The third-order valence-electron chi connectivity index (χ3n) is 4.46. The van der Waals surface area contributed by atoms with Crippen LogP contribution in [0.5, 0.6) is 5.75 Å². The topological polar surface area (TPSA) is 64.3 Å². The molecule has 1 aromatic heterocycles. The molecular weight excluding hydrogens is 288 g/mol. The van der Waals surface area contributed by atoms with Gasteiger partial charge in [-0.2, -0.15) is 0 Å². The summed E-state index contributed by atoms with van der Waals surface area (Å²) in [6.45, 7) is 4.83. The zero-order valence-corrected chi connectivity index (χ0v) is 13.8. The molecule has 0 amide bonds. The van der Waals surface area contributed by atoms with Crippen LogP contribution in [0.15, 0.2) is 30.3 Å². The molecule has 1 fully saturated rings. The SMILES string of the molecule is COc1ccc(-c2nc(C)cc(N3CCC(CN)CC3)n2)cc1. The Morgan fingerprint density at radius 1 is 1.17 bits per heavy atom. The molecule has 1 aliphatic rings. The zero-order chi connectivity index (χ0) is 16.2. The first-order valence-corrected chi connectivity index (χ1v) is 8.14. The predicted molar refractivity (Wildman–Crippen MR) is 92.7 cm³/mol. The van der Waals surface area contributed by atoms with E-state index in [1.165, 1.54) is 0 Å². The molecule has 122 valence electrons. The number of benzene rings is 1. The first kappa shape index (κ1) is 15.7. The standard InChI is InChI=1S/C18H24N4O/c1-13-11-17(22-9-7-14(12-19)8-10-22)21-18(20-13)15-3-5-16(23-2)6-4-15/h3-6,11,14H,7-10,12,19H2,1-2H3. The summed E-state index contributed by atoms with van der Waals surface area (Å²) in [6.07, 6.45) is 2.27. The Kier molecular flexibility index (Phi) is 4.76. The molecule has 2 heterocycles. The Balaban J connectivity index is 1.84. The Hall–Kier alpha value is -2.14. The molecule has 0 saturated carbocycles. The van der Waals surface area contributed by atoms with Crippen LogP contribution in [0.1, 0.15) is 18.5 Å². The molecule has 5 heteroatoms. The first-order chi connectivity index (χ1) is 11.2. The van der Waals surface area contributed by atoms with E-state index in [4.69, 9.17) is 15.5 Å². The molecular formula is C18H24N4O. The molecule has 1 saturated heterocycles. The van der Waals surface area contributed by atoms with E-state index in [1.807, 2.05) is 31.2 Å². The number of anilines is 1. The van der Waals surface area contributed by atoms with Gasteiger partial charge in [-0.05, 0) is 56.5 Å². The number of aryl methyl sites for hydroxylation is 1. The second-order valence-corrected chi connectivity index (χ2v) is 6.09. The van der Waals surface area contributed by atoms with E-state index in [2.05, 4.69) is 16.0 Å². The Bertz CT molecular complexity index is 649. The fourth-order valence-corrected chi connectivity index (χ4v) is 2.98. The lowest BCUT2D eigenvalue weighted by atomic mass is 9.97. The van der Waals surface area contributed by atoms with Crippen molar-refractivity contribution in [2.75, 3.05) is 31.6 Å². The minimum absolute atomic E-state index is 0.648. The summed E-state index contributed by atoms with van der Waals surface area (Å²) in [6, 6.07) is 9.94. The fraction of sp³-hybridized carbons (Fsp3) is 0.444. The summed E-state index contributed by atoms with van der Waals surface area (Å²) in [4.78, 5) is 11.7. The average molecular weight is 312 g/mol. The number of ether oxygens (including phenoxy) is 1. The van der Waals surface area contributed by atoms with Gasteiger partial charge in [-0.3, -0.25) is 0 Å². The Morgan fingerprint density at radius 2 is 1.87 bits per heavy atom. The maximum Gasteiger partial charge on any atom is 0.161 e. The van der Waals surface area contributed by atoms with Gasteiger partial charge in [-0.25, -0.2) is 9.97 Å². The molecule has 1 aromatic carbocycles. The summed E-state index contributed by atoms with van der Waals surface area (Å²) < 4.78 is 5.21. The van der Waals surface area contributed by atoms with Gasteiger partial charge >= 0.3 is 0 Å². The molecule has 0 spiro atoms. The summed E-state index contributed by atoms with van der Waals surface area (Å²) >= 11 is 0. The van der Waals surface area contributed by atoms with E-state index in [1.54, 1.807) is 7.11 Å². The quantitative estimate of drug-likeness (QED) is 0.940. The Morgan fingerprint density at radius 3 is 2.48 bits per heavy atom. The van der Waals surface area contributed by atoms with Crippen molar-refractivity contribution >= 4 is 5.82 Å². The third-order valence-corrected chi connectivity index (χ3v) is 4.46. The lowest BCUT2D eigenvalue weighted by Gasteiger charge is -2.32. The van der Waals surface area contributed by atoms with Crippen molar-refractivity contribution in [2.24, 2.45) is 11.7 Å². The van der Waals surface area contributed by atoms with Gasteiger partial charge in [0.25, 0.3) is 0 Å². The maximum atomic E-state index is 5.78. The first-order valence-electron chi connectivity index (χ1n) is 8.14. The van der Waals surface area contributed by atoms with Crippen molar-refractivity contribution in [1.29, 1.82) is 0 Å². The van der Waals surface area contributed by atoms with Gasteiger partial charge in [0.2, 0.25) is 0 Å². The lowest BCUT2D eigenvalue weighted by Crippen LogP contribution is -2.36. The van der Waals surface area contributed by atoms with Crippen molar-refractivity contribution in [2.45, 2.75) is 19.8 Å². The average Bonchev–Trinajstić information content (AvgIpc) is 2.61. The van der Waals surface area contributed by atoms with Crippen molar-refractivity contribution < 1.29 is 4.74 Å². The molecule has 1 aliphatic heterocycles. The van der Waals surface area contributed by atoms with Crippen LogP contribution in [-0.4, -0.2) is 36.7 Å². The molecule has 0 radical (unpaired) electrons. The molecule has 0 atom stereocenters. The van der Waals surface area contributed by atoms with E-state index in [0.29, 0.717) is 5.92 Å². The number of piperidine rings is 1. The third kappa shape index (κ3) is 3.62. The molecule has 5 nitrogen and oxygen atoms in total. The van der Waals surface area contributed by atoms with Gasteiger partial charge in [0.15, 0.2) is 5.82 Å². The number of nitrogens with two attached hydrogens (primary N) is 1. The molecule has 23 heavy (non-hydrogen) atoms. The largest absolute Gasteiger partial charge is 0.497 e. The second kappa shape index (κ2) is 6.96. The number of rotatable bonds is 4. The van der Waals surface area contributed by atoms with Crippen molar-refractivity contribution in [3.63, 3.8) is 0 Å². The van der Waals surface area contributed by atoms with Crippen LogP contribution in [0, 0.1) is 12.8 Å². The fourth-order valence-electron chi connectivity index (χ4n) is 2.98. The van der Waals surface area contributed by atoms with E-state index < -0.39 is 0 Å². The molecule has 0 unspecified atom stereocenters. The summed E-state index contributed by atoms with van der Waals surface area (Å²) in [7, 11) is 1.67. The summed E-state index contributed by atoms with van der Waals surface area (Å²) in [5.74, 6) is 3.27. The van der Waals surface area contributed by atoms with Crippen LogP contribution in [0.3, 0.4) is 0 Å². The van der Waals surface area contributed by atoms with Gasteiger partial charge in [-0.15, -0.1) is 0 Å². The Labute approximate surface area is 137 Å². The van der Waals surface area contributed by atoms with Gasteiger partial charge in [0.1, 0.15) is 11.6 Å². The van der Waals surface area contributed by atoms with Crippen molar-refractivity contribution in [3.05, 3.63) is 36.0 Å². The number of aromatic nitrogens is 2. The molecule has 3 rings (SSSR count). The zero-order valence-electron chi connectivity index (χ0n) is 13.8. The van der Waals surface area contributed by atoms with Gasteiger partial charge < -0.3 is 15.4 Å². The van der Waals surface area contributed by atoms with Crippen molar-refractivity contribution in [1.82, 2.24) is 9.97 Å². The monoisotopic (exact) mass is 312 g/mol. The van der Waals surface area contributed by atoms with Crippen molar-refractivity contribution in [3.8, 4) is 17.1 Å². The van der Waals surface area contributed by atoms with Crippen LogP contribution < -0.4 is 15.4 Å². The summed E-state index contributed by atoms with van der Waals surface area (Å²) in [5, 5.41) is 0. The summed E-state index contributed by atoms with van der Waals surface area (Å²) in [5.41, 5.74) is 7.78. The van der Waals surface area contributed by atoms with Gasteiger partial charge in [-0.1, -0.05) is 0 Å². The minimum Gasteiger partial charge on any atom is -0.497 e. The highest BCUT2D eigenvalue weighted by molar-refractivity contribution is 5.59. The smallest absolute Gasteiger partial charge is 0.161 e. The molecule has 2 N–H and O–H groups in total. The van der Waals surface area contributed by atoms with Crippen LogP contribution in [0.4, 0.5) is 5.82 Å². The van der Waals surface area contributed by atoms with Gasteiger partial charge in [0.05, 0.1) is 7.11 Å². The van der Waals surface area contributed by atoms with Crippen LogP contribution in [0.2, 0.25) is 0 Å². The van der Waals surface area contributed by atoms with Crippen LogP contribution >= 0.6 is 0 Å². The lowest BCUT2D eigenvalue weighted by molar-refractivity contribution is 0.413. The molecule has 0 aliphatic carbocycles. The van der Waals surface area contributed by atoms with E-state index in [0.717, 1.165) is 61.1 Å². The highest BCUT2D eigenvalue weighted by Crippen LogP contribution is 2.25. The number of hydrogen-bond acceptors (Lipinski definition) is 5. The minimum atomic E-state index is 0.648. The highest BCUT2D eigenvalue weighted by Gasteiger charge is 2.20. The van der Waals surface area contributed by atoms with E-state index in [-0.39, 0.29) is 0 Å². The number of methoxy groups -OCH3 is 1. The number of nitrogens with zero attached hydrogens (tertiary/aromatic N) is 3. The van der Waals surface area contributed by atoms with Crippen LogP contribution in [-0.2, 0) is 0 Å². The van der Waals surface area contributed by atoms with Crippen LogP contribution in [0.25, 0.3) is 11.4 Å².